The highest BCUT2D eigenvalue weighted by Gasteiger charge is 2.18. The number of nitrogens with one attached hydrogen (secondary N) is 1. The van der Waals surface area contributed by atoms with Gasteiger partial charge in [-0.3, -0.25) is 9.59 Å². The van der Waals surface area contributed by atoms with Crippen molar-refractivity contribution in [2.45, 2.75) is 360 Å². The molecule has 0 aromatic carbocycles. The lowest BCUT2D eigenvalue weighted by Gasteiger charge is -2.20. The number of carbonyl (C=O) groups excluding carboxylic acids is 2. The zero-order valence-corrected chi connectivity index (χ0v) is 47.3. The number of carbonyl (C=O) groups is 2. The number of aliphatic hydroxyl groups excluding tert-OH is 2. The van der Waals surface area contributed by atoms with Crippen LogP contribution in [-0.2, 0) is 14.3 Å². The summed E-state index contributed by atoms with van der Waals surface area (Å²) >= 11 is 0. The molecular weight excluding hydrogens is 863 g/mol. The Morgan fingerprint density at radius 2 is 0.671 bits per heavy atom. The van der Waals surface area contributed by atoms with Crippen LogP contribution in [0, 0.1) is 0 Å². The molecule has 0 bridgehead atoms. The van der Waals surface area contributed by atoms with Crippen LogP contribution in [0.5, 0.6) is 0 Å². The van der Waals surface area contributed by atoms with Gasteiger partial charge in [0.25, 0.3) is 0 Å². The van der Waals surface area contributed by atoms with Crippen LogP contribution < -0.4 is 5.32 Å². The standard InChI is InChI=1S/C64H123NO5/c1-3-5-7-9-11-13-15-17-18-19-27-30-34-38-42-46-50-54-58-64(69)70-59-55-51-47-43-39-35-31-28-25-23-21-20-22-24-26-29-33-37-41-45-49-53-57-63(68)65-61(60-66)62(67)56-52-48-44-40-36-32-16-14-12-10-8-6-4-2/h18-19,52,56,61-62,66-67H,3-17,20-51,53-55,57-60H2,1-2H3,(H,65,68)/b19-18-,56-52+. The summed E-state index contributed by atoms with van der Waals surface area (Å²) < 4.78 is 5.50. The molecule has 414 valence electrons. The maximum absolute atomic E-state index is 12.4. The van der Waals surface area contributed by atoms with Gasteiger partial charge in [-0.2, -0.15) is 0 Å². The molecule has 0 aromatic rings. The van der Waals surface area contributed by atoms with Crippen LogP contribution in [0.1, 0.15) is 348 Å². The first-order chi connectivity index (χ1) is 34.5. The Balaban J connectivity index is 3.37. The summed E-state index contributed by atoms with van der Waals surface area (Å²) in [6.07, 6.45) is 73.6. The topological polar surface area (TPSA) is 95.9 Å². The molecule has 0 rings (SSSR count). The molecule has 6 nitrogen and oxygen atoms in total. The summed E-state index contributed by atoms with van der Waals surface area (Å²) in [5.41, 5.74) is 0. The summed E-state index contributed by atoms with van der Waals surface area (Å²) in [6, 6.07) is -0.627. The van der Waals surface area contributed by atoms with Gasteiger partial charge in [0.1, 0.15) is 0 Å². The quantitative estimate of drug-likeness (QED) is 0.0321. The zero-order chi connectivity index (χ0) is 50.7. The molecule has 0 fully saturated rings. The Kier molecular flexibility index (Phi) is 58.5. The maximum Gasteiger partial charge on any atom is 0.305 e. The highest BCUT2D eigenvalue weighted by molar-refractivity contribution is 5.76. The molecule has 2 atom stereocenters. The second kappa shape index (κ2) is 59.9. The lowest BCUT2D eigenvalue weighted by molar-refractivity contribution is -0.143. The largest absolute Gasteiger partial charge is 0.466 e. The number of hydrogen-bond donors (Lipinski definition) is 3. The van der Waals surface area contributed by atoms with Crippen LogP contribution in [0.15, 0.2) is 24.3 Å². The van der Waals surface area contributed by atoms with Crippen molar-refractivity contribution >= 4 is 11.9 Å². The minimum atomic E-state index is -0.843. The average molecular weight is 987 g/mol. The fraction of sp³-hybridized carbons (Fsp3) is 0.906. The van der Waals surface area contributed by atoms with E-state index in [1.807, 2.05) is 6.08 Å². The maximum atomic E-state index is 12.4. The molecule has 6 heteroatoms. The Morgan fingerprint density at radius 3 is 1.01 bits per heavy atom. The highest BCUT2D eigenvalue weighted by Crippen LogP contribution is 2.18. The number of amides is 1. The molecule has 0 aromatic heterocycles. The number of allylic oxidation sites excluding steroid dienone is 3. The van der Waals surface area contributed by atoms with E-state index in [0.717, 1.165) is 44.9 Å². The second-order valence-corrected chi connectivity index (χ2v) is 21.7. The minimum Gasteiger partial charge on any atom is -0.466 e. The third-order valence-electron chi connectivity index (χ3n) is 14.7. The molecule has 0 radical (unpaired) electrons. The molecule has 0 aliphatic carbocycles. The van der Waals surface area contributed by atoms with Crippen molar-refractivity contribution in [3.05, 3.63) is 24.3 Å². The van der Waals surface area contributed by atoms with Gasteiger partial charge in [0.05, 0.1) is 25.4 Å². The van der Waals surface area contributed by atoms with E-state index in [-0.39, 0.29) is 18.5 Å². The van der Waals surface area contributed by atoms with Crippen LogP contribution in [0.25, 0.3) is 0 Å². The van der Waals surface area contributed by atoms with Crippen LogP contribution in [-0.4, -0.2) is 47.4 Å². The molecule has 0 saturated carbocycles. The number of esters is 1. The van der Waals surface area contributed by atoms with E-state index in [1.54, 1.807) is 6.08 Å². The van der Waals surface area contributed by atoms with E-state index in [1.165, 1.54) is 276 Å². The van der Waals surface area contributed by atoms with Crippen molar-refractivity contribution in [2.75, 3.05) is 13.2 Å². The number of rotatable bonds is 59. The van der Waals surface area contributed by atoms with Gasteiger partial charge in [-0.05, 0) is 57.8 Å². The molecule has 0 heterocycles. The van der Waals surface area contributed by atoms with E-state index < -0.39 is 12.1 Å². The number of unbranched alkanes of at least 4 members (excludes halogenated alkanes) is 46. The van der Waals surface area contributed by atoms with Crippen LogP contribution in [0.4, 0.5) is 0 Å². The summed E-state index contributed by atoms with van der Waals surface area (Å²) in [6.45, 7) is 4.91. The molecule has 0 aliphatic rings. The Labute approximate surface area is 437 Å². The van der Waals surface area contributed by atoms with Gasteiger partial charge in [-0.15, -0.1) is 0 Å². The second-order valence-electron chi connectivity index (χ2n) is 21.7. The van der Waals surface area contributed by atoms with Crippen molar-refractivity contribution < 1.29 is 24.5 Å². The van der Waals surface area contributed by atoms with E-state index in [2.05, 4.69) is 31.3 Å². The number of hydrogen-bond acceptors (Lipinski definition) is 5. The minimum absolute atomic E-state index is 0.0101. The third kappa shape index (κ3) is 55.7. The third-order valence-corrected chi connectivity index (χ3v) is 14.7. The zero-order valence-electron chi connectivity index (χ0n) is 47.3. The van der Waals surface area contributed by atoms with Crippen LogP contribution >= 0.6 is 0 Å². The predicted octanol–water partition coefficient (Wildman–Crippen LogP) is 19.8. The van der Waals surface area contributed by atoms with Crippen molar-refractivity contribution in [1.82, 2.24) is 5.32 Å². The molecule has 0 spiro atoms. The van der Waals surface area contributed by atoms with Crippen LogP contribution in [0.2, 0.25) is 0 Å². The first kappa shape index (κ1) is 68.3. The summed E-state index contributed by atoms with van der Waals surface area (Å²) in [4.78, 5) is 24.5. The predicted molar refractivity (Wildman–Crippen MR) is 306 cm³/mol. The van der Waals surface area contributed by atoms with Crippen LogP contribution in [0.3, 0.4) is 0 Å². The van der Waals surface area contributed by atoms with Crippen molar-refractivity contribution in [3.8, 4) is 0 Å². The van der Waals surface area contributed by atoms with Crippen molar-refractivity contribution in [1.29, 1.82) is 0 Å². The van der Waals surface area contributed by atoms with Crippen molar-refractivity contribution in [2.24, 2.45) is 0 Å². The number of ether oxygens (including phenoxy) is 1. The summed E-state index contributed by atoms with van der Waals surface area (Å²) in [5, 5.41) is 23.1. The van der Waals surface area contributed by atoms with E-state index >= 15 is 0 Å². The SMILES string of the molecule is CCCCCCCCC/C=C\CCCCCCCCCC(=O)OCCCCCCCCCCCCCCCCCCCCCCCCC(=O)NC(CO)C(O)/C=C/CCCCCCCCCCCCC. The number of aliphatic hydroxyl groups is 2. The van der Waals surface area contributed by atoms with E-state index in [9.17, 15) is 19.8 Å². The molecule has 2 unspecified atom stereocenters. The lowest BCUT2D eigenvalue weighted by atomic mass is 10.0. The molecular formula is C64H123NO5. The monoisotopic (exact) mass is 986 g/mol. The van der Waals surface area contributed by atoms with Gasteiger partial charge >= 0.3 is 5.97 Å². The smallest absolute Gasteiger partial charge is 0.305 e. The Bertz CT molecular complexity index is 1090. The average Bonchev–Trinajstić information content (AvgIpc) is 3.36. The molecule has 0 saturated heterocycles. The van der Waals surface area contributed by atoms with Gasteiger partial charge in [-0.25, -0.2) is 0 Å². The van der Waals surface area contributed by atoms with Gasteiger partial charge in [0.15, 0.2) is 0 Å². The molecule has 70 heavy (non-hydrogen) atoms. The summed E-state index contributed by atoms with van der Waals surface area (Å²) in [7, 11) is 0. The van der Waals surface area contributed by atoms with Gasteiger partial charge in [0.2, 0.25) is 5.91 Å². The van der Waals surface area contributed by atoms with E-state index in [0.29, 0.717) is 19.4 Å². The lowest BCUT2D eigenvalue weighted by Crippen LogP contribution is -2.45. The first-order valence-corrected chi connectivity index (χ1v) is 31.6. The highest BCUT2D eigenvalue weighted by atomic mass is 16.5. The first-order valence-electron chi connectivity index (χ1n) is 31.6. The van der Waals surface area contributed by atoms with Crippen molar-refractivity contribution in [3.63, 3.8) is 0 Å². The summed E-state index contributed by atoms with van der Waals surface area (Å²) in [5.74, 6) is -0.0571. The van der Waals surface area contributed by atoms with Gasteiger partial charge < -0.3 is 20.3 Å². The normalized spacial score (nSPS) is 12.7. The molecule has 0 aliphatic heterocycles. The molecule has 1 amide bonds. The fourth-order valence-corrected chi connectivity index (χ4v) is 9.87. The van der Waals surface area contributed by atoms with Gasteiger partial charge in [0, 0.05) is 12.8 Å². The Hall–Kier alpha value is -1.66. The Morgan fingerprint density at radius 1 is 0.386 bits per heavy atom. The fourth-order valence-electron chi connectivity index (χ4n) is 9.87. The van der Waals surface area contributed by atoms with Gasteiger partial charge in [-0.1, -0.05) is 301 Å². The molecule has 3 N–H and O–H groups in total. The van der Waals surface area contributed by atoms with E-state index in [4.69, 9.17) is 4.74 Å².